The highest BCUT2D eigenvalue weighted by Gasteiger charge is 2.23. The molecule has 1 atom stereocenters. The van der Waals surface area contributed by atoms with Crippen molar-refractivity contribution in [3.63, 3.8) is 0 Å². The molecule has 0 aromatic heterocycles. The lowest BCUT2D eigenvalue weighted by molar-refractivity contribution is 0.488. The largest absolute Gasteiger partial charge is 0.321 e. The Bertz CT molecular complexity index is 534. The highest BCUT2D eigenvalue weighted by molar-refractivity contribution is 9.10. The fourth-order valence-corrected chi connectivity index (χ4v) is 2.78. The molecule has 0 amide bonds. The van der Waals surface area contributed by atoms with Crippen molar-refractivity contribution >= 4 is 15.9 Å². The molecule has 0 saturated heterocycles. The van der Waals surface area contributed by atoms with Gasteiger partial charge in [0.25, 0.3) is 0 Å². The Kier molecular flexibility index (Phi) is 3.83. The van der Waals surface area contributed by atoms with Crippen LogP contribution in [0.2, 0.25) is 0 Å². The maximum absolute atomic E-state index is 12.9. The maximum Gasteiger partial charge on any atom is 0.123 e. The third kappa shape index (κ3) is 2.98. The van der Waals surface area contributed by atoms with Gasteiger partial charge in [-0.15, -0.1) is 0 Å². The lowest BCUT2D eigenvalue weighted by Crippen LogP contribution is -2.35. The molecule has 1 nitrogen and oxygen atoms in total. The quantitative estimate of drug-likeness (QED) is 0.911. The topological polar surface area (TPSA) is 26.0 Å². The molecule has 94 valence electrons. The van der Waals surface area contributed by atoms with E-state index in [4.69, 9.17) is 5.73 Å². The molecular weight excluding hydrogens is 293 g/mol. The lowest BCUT2D eigenvalue weighted by atomic mass is 9.87. The van der Waals surface area contributed by atoms with E-state index in [0.29, 0.717) is 6.42 Å². The minimum atomic E-state index is -0.488. The summed E-state index contributed by atoms with van der Waals surface area (Å²) < 4.78 is 13.9. The van der Waals surface area contributed by atoms with Crippen LogP contribution in [0.15, 0.2) is 53.0 Å². The van der Waals surface area contributed by atoms with Crippen molar-refractivity contribution in [2.24, 2.45) is 5.73 Å². The van der Waals surface area contributed by atoms with Crippen LogP contribution in [0.5, 0.6) is 0 Å². The van der Waals surface area contributed by atoms with E-state index < -0.39 is 5.54 Å². The fraction of sp³-hybridized carbons (Fsp3) is 0.200. The third-order valence-corrected chi connectivity index (χ3v) is 3.67. The normalized spacial score (nSPS) is 14.2. The zero-order valence-electron chi connectivity index (χ0n) is 10.2. The summed E-state index contributed by atoms with van der Waals surface area (Å²) in [6.45, 7) is 1.98. The van der Waals surface area contributed by atoms with Gasteiger partial charge in [-0.1, -0.05) is 46.3 Å². The summed E-state index contributed by atoms with van der Waals surface area (Å²) in [7, 11) is 0. The summed E-state index contributed by atoms with van der Waals surface area (Å²) in [5, 5.41) is 0. The molecule has 2 N–H and O–H groups in total. The second-order valence-electron chi connectivity index (χ2n) is 4.70. The van der Waals surface area contributed by atoms with Crippen LogP contribution in [0, 0.1) is 5.82 Å². The molecule has 3 heteroatoms. The summed E-state index contributed by atoms with van der Waals surface area (Å²) in [5.41, 5.74) is 7.97. The molecule has 1 unspecified atom stereocenters. The predicted octanol–water partition coefficient (Wildman–Crippen LogP) is 4.00. The summed E-state index contributed by atoms with van der Waals surface area (Å²) >= 11 is 3.52. The standard InChI is InChI=1S/C15H15BrFN/c1-15(18,13-4-2-3-5-14(13)16)10-11-6-8-12(17)9-7-11/h2-9H,10,18H2,1H3. The zero-order chi connectivity index (χ0) is 13.2. The molecule has 0 bridgehead atoms. The van der Waals surface area contributed by atoms with E-state index in [1.54, 1.807) is 12.1 Å². The Hall–Kier alpha value is -1.19. The summed E-state index contributed by atoms with van der Waals surface area (Å²) in [5.74, 6) is -0.224. The second-order valence-corrected chi connectivity index (χ2v) is 5.55. The van der Waals surface area contributed by atoms with Gasteiger partial charge in [0.1, 0.15) is 5.82 Å². The lowest BCUT2D eigenvalue weighted by Gasteiger charge is -2.26. The molecule has 0 radical (unpaired) electrons. The molecule has 0 heterocycles. The van der Waals surface area contributed by atoms with Crippen molar-refractivity contribution in [3.8, 4) is 0 Å². The third-order valence-electron chi connectivity index (χ3n) is 2.97. The van der Waals surface area contributed by atoms with Gasteiger partial charge in [-0.05, 0) is 42.7 Å². The van der Waals surface area contributed by atoms with Gasteiger partial charge in [0.15, 0.2) is 0 Å². The average Bonchev–Trinajstić information content (AvgIpc) is 2.32. The van der Waals surface area contributed by atoms with Gasteiger partial charge in [0, 0.05) is 10.0 Å². The Morgan fingerprint density at radius 2 is 1.72 bits per heavy atom. The average molecular weight is 308 g/mol. The van der Waals surface area contributed by atoms with Crippen LogP contribution in [0.25, 0.3) is 0 Å². The monoisotopic (exact) mass is 307 g/mol. The van der Waals surface area contributed by atoms with Gasteiger partial charge in [-0.25, -0.2) is 4.39 Å². The van der Waals surface area contributed by atoms with Gasteiger partial charge in [0.05, 0.1) is 0 Å². The molecular formula is C15H15BrFN. The van der Waals surface area contributed by atoms with E-state index in [1.807, 2.05) is 31.2 Å². The molecule has 0 fully saturated rings. The van der Waals surface area contributed by atoms with Crippen molar-refractivity contribution < 1.29 is 4.39 Å². The summed E-state index contributed by atoms with van der Waals surface area (Å²) in [4.78, 5) is 0. The van der Waals surface area contributed by atoms with Crippen LogP contribution < -0.4 is 5.73 Å². The Morgan fingerprint density at radius 1 is 1.11 bits per heavy atom. The van der Waals surface area contributed by atoms with E-state index in [0.717, 1.165) is 15.6 Å². The minimum absolute atomic E-state index is 0.224. The Labute approximate surface area is 115 Å². The number of rotatable bonds is 3. The minimum Gasteiger partial charge on any atom is -0.321 e. The van der Waals surface area contributed by atoms with Gasteiger partial charge in [-0.2, -0.15) is 0 Å². The zero-order valence-corrected chi connectivity index (χ0v) is 11.7. The molecule has 0 saturated carbocycles. The van der Waals surface area contributed by atoms with Crippen molar-refractivity contribution in [1.82, 2.24) is 0 Å². The van der Waals surface area contributed by atoms with Crippen LogP contribution in [0.3, 0.4) is 0 Å². The van der Waals surface area contributed by atoms with Crippen LogP contribution in [0.1, 0.15) is 18.1 Å². The molecule has 0 aliphatic rings. The van der Waals surface area contributed by atoms with Gasteiger partial charge in [0.2, 0.25) is 0 Å². The Morgan fingerprint density at radius 3 is 2.33 bits per heavy atom. The first-order chi connectivity index (χ1) is 8.49. The molecule has 0 spiro atoms. The van der Waals surface area contributed by atoms with Gasteiger partial charge < -0.3 is 5.73 Å². The van der Waals surface area contributed by atoms with E-state index in [2.05, 4.69) is 15.9 Å². The smallest absolute Gasteiger partial charge is 0.123 e. The van der Waals surface area contributed by atoms with Crippen LogP contribution in [-0.2, 0) is 12.0 Å². The predicted molar refractivity (Wildman–Crippen MR) is 75.8 cm³/mol. The molecule has 2 rings (SSSR count). The molecule has 2 aromatic rings. The van der Waals surface area contributed by atoms with Crippen LogP contribution >= 0.6 is 15.9 Å². The SMILES string of the molecule is CC(N)(Cc1ccc(F)cc1)c1ccccc1Br. The number of hydrogen-bond acceptors (Lipinski definition) is 1. The molecule has 2 aromatic carbocycles. The van der Waals surface area contributed by atoms with E-state index in [1.165, 1.54) is 12.1 Å². The van der Waals surface area contributed by atoms with Crippen molar-refractivity contribution in [2.75, 3.05) is 0 Å². The van der Waals surface area contributed by atoms with Crippen LogP contribution in [0.4, 0.5) is 4.39 Å². The first kappa shape index (κ1) is 13.2. The first-order valence-electron chi connectivity index (χ1n) is 5.77. The van der Waals surface area contributed by atoms with E-state index in [-0.39, 0.29) is 5.82 Å². The van der Waals surface area contributed by atoms with E-state index >= 15 is 0 Å². The van der Waals surface area contributed by atoms with Crippen LogP contribution in [-0.4, -0.2) is 0 Å². The Balaban J connectivity index is 2.27. The molecule has 0 aliphatic heterocycles. The second kappa shape index (κ2) is 5.21. The number of hydrogen-bond donors (Lipinski definition) is 1. The number of nitrogens with two attached hydrogens (primary N) is 1. The van der Waals surface area contributed by atoms with Gasteiger partial charge >= 0.3 is 0 Å². The summed E-state index contributed by atoms with van der Waals surface area (Å²) in [6.07, 6.45) is 0.663. The number of benzene rings is 2. The van der Waals surface area contributed by atoms with Crippen molar-refractivity contribution in [2.45, 2.75) is 18.9 Å². The fourth-order valence-electron chi connectivity index (χ4n) is 2.05. The highest BCUT2D eigenvalue weighted by atomic mass is 79.9. The molecule has 0 aliphatic carbocycles. The van der Waals surface area contributed by atoms with Crippen molar-refractivity contribution in [1.29, 1.82) is 0 Å². The highest BCUT2D eigenvalue weighted by Crippen LogP contribution is 2.29. The summed E-state index contributed by atoms with van der Waals surface area (Å²) in [6, 6.07) is 14.4. The van der Waals surface area contributed by atoms with E-state index in [9.17, 15) is 4.39 Å². The van der Waals surface area contributed by atoms with Gasteiger partial charge in [-0.3, -0.25) is 0 Å². The molecule has 18 heavy (non-hydrogen) atoms. The number of halogens is 2. The first-order valence-corrected chi connectivity index (χ1v) is 6.57. The van der Waals surface area contributed by atoms with Crippen molar-refractivity contribution in [3.05, 3.63) is 69.9 Å². The maximum atomic E-state index is 12.9.